The Kier molecular flexibility index (Phi) is 4.16. The van der Waals surface area contributed by atoms with E-state index in [4.69, 9.17) is 4.52 Å². The van der Waals surface area contributed by atoms with Crippen LogP contribution in [-0.2, 0) is 11.2 Å². The first-order chi connectivity index (χ1) is 13.7. The van der Waals surface area contributed by atoms with Gasteiger partial charge in [-0.2, -0.15) is 0 Å². The zero-order valence-electron chi connectivity index (χ0n) is 14.9. The summed E-state index contributed by atoms with van der Waals surface area (Å²) in [5.41, 5.74) is 1.89. The molecule has 1 fully saturated rings. The van der Waals surface area contributed by atoms with Gasteiger partial charge < -0.3 is 9.42 Å². The Labute approximate surface area is 163 Å². The van der Waals surface area contributed by atoms with Gasteiger partial charge in [0.25, 0.3) is 5.56 Å². The molecule has 28 heavy (non-hydrogen) atoms. The third-order valence-corrected chi connectivity index (χ3v) is 6.12. The summed E-state index contributed by atoms with van der Waals surface area (Å²) >= 11 is 1.38. The van der Waals surface area contributed by atoms with Crippen molar-refractivity contribution in [3.05, 3.63) is 51.8 Å². The normalized spacial score (nSPS) is 15.5. The Morgan fingerprint density at radius 2 is 2.04 bits per heavy atom. The summed E-state index contributed by atoms with van der Waals surface area (Å²) < 4.78 is 7.39. The van der Waals surface area contributed by atoms with Crippen LogP contribution >= 0.6 is 11.3 Å². The van der Waals surface area contributed by atoms with Crippen molar-refractivity contribution in [1.29, 1.82) is 0 Å². The molecule has 9 heteroatoms. The van der Waals surface area contributed by atoms with Crippen molar-refractivity contribution in [2.45, 2.75) is 25.3 Å². The van der Waals surface area contributed by atoms with E-state index in [-0.39, 0.29) is 23.9 Å². The van der Waals surface area contributed by atoms with E-state index in [1.165, 1.54) is 16.0 Å². The molecular formula is C19H17N5O3S. The Balaban J connectivity index is 1.28. The Morgan fingerprint density at radius 1 is 1.21 bits per heavy atom. The van der Waals surface area contributed by atoms with Gasteiger partial charge in [-0.1, -0.05) is 22.5 Å². The van der Waals surface area contributed by atoms with Gasteiger partial charge in [0.15, 0.2) is 5.58 Å². The quantitative estimate of drug-likeness (QED) is 0.529. The number of benzene rings is 1. The van der Waals surface area contributed by atoms with Crippen molar-refractivity contribution in [3.63, 3.8) is 0 Å². The van der Waals surface area contributed by atoms with E-state index >= 15 is 0 Å². The molecule has 5 rings (SSSR count). The molecule has 1 aromatic carbocycles. The van der Waals surface area contributed by atoms with Crippen LogP contribution in [0.3, 0.4) is 0 Å². The first kappa shape index (κ1) is 17.1. The van der Waals surface area contributed by atoms with Crippen molar-refractivity contribution >= 4 is 38.4 Å². The molecule has 142 valence electrons. The van der Waals surface area contributed by atoms with Gasteiger partial charge in [-0.15, -0.1) is 16.4 Å². The summed E-state index contributed by atoms with van der Waals surface area (Å²) in [5.74, 6) is 0.0182. The van der Waals surface area contributed by atoms with Gasteiger partial charge in [-0.05, 0) is 36.4 Å². The molecule has 0 unspecified atom stereocenters. The fraction of sp³-hybridized carbons (Fsp3) is 0.316. The second-order valence-corrected chi connectivity index (χ2v) is 7.80. The number of fused-ring (bicyclic) bond motifs is 2. The third kappa shape index (κ3) is 2.88. The molecule has 0 radical (unpaired) electrons. The molecule has 0 bridgehead atoms. The second-order valence-electron chi connectivity index (χ2n) is 6.89. The molecule has 1 aliphatic heterocycles. The monoisotopic (exact) mass is 395 g/mol. The van der Waals surface area contributed by atoms with Gasteiger partial charge in [0.2, 0.25) is 5.91 Å². The van der Waals surface area contributed by atoms with Crippen LogP contribution in [-0.4, -0.2) is 44.0 Å². The number of aromatic nitrogens is 4. The number of hydrogen-bond donors (Lipinski definition) is 0. The fourth-order valence-electron chi connectivity index (χ4n) is 3.70. The SMILES string of the molecule is O=C(Cc1noc2ccccc12)N1CCC(n2nnc3ccsc3c2=O)CC1. The fourth-order valence-corrected chi connectivity index (χ4v) is 4.46. The van der Waals surface area contributed by atoms with Gasteiger partial charge in [0.1, 0.15) is 15.9 Å². The van der Waals surface area contributed by atoms with Crippen LogP contribution in [0.15, 0.2) is 45.0 Å². The highest BCUT2D eigenvalue weighted by molar-refractivity contribution is 7.17. The molecule has 1 amide bonds. The third-order valence-electron chi connectivity index (χ3n) is 5.23. The number of thiophene rings is 1. The molecular weight excluding hydrogens is 378 g/mol. The Hall–Kier alpha value is -3.07. The number of piperidine rings is 1. The lowest BCUT2D eigenvalue weighted by Gasteiger charge is -2.31. The molecule has 4 heterocycles. The summed E-state index contributed by atoms with van der Waals surface area (Å²) in [7, 11) is 0. The summed E-state index contributed by atoms with van der Waals surface area (Å²) in [6.07, 6.45) is 1.57. The van der Waals surface area contributed by atoms with Crippen LogP contribution in [0, 0.1) is 0 Å². The number of rotatable bonds is 3. The minimum absolute atomic E-state index is 0.0182. The molecule has 3 aromatic heterocycles. The smallest absolute Gasteiger partial charge is 0.287 e. The van der Waals surface area contributed by atoms with Crippen molar-refractivity contribution in [1.82, 2.24) is 25.1 Å². The van der Waals surface area contributed by atoms with Gasteiger partial charge in [0.05, 0.1) is 12.5 Å². The molecule has 1 saturated heterocycles. The first-order valence-corrected chi connectivity index (χ1v) is 10.0. The average Bonchev–Trinajstić information content (AvgIpc) is 3.36. The van der Waals surface area contributed by atoms with Crippen molar-refractivity contribution in [3.8, 4) is 0 Å². The maximum Gasteiger partial charge on any atom is 0.287 e. The average molecular weight is 395 g/mol. The highest BCUT2D eigenvalue weighted by atomic mass is 32.1. The van der Waals surface area contributed by atoms with E-state index in [1.54, 1.807) is 6.07 Å². The van der Waals surface area contributed by atoms with Gasteiger partial charge in [0, 0.05) is 18.5 Å². The summed E-state index contributed by atoms with van der Waals surface area (Å²) in [6, 6.07) is 9.29. The van der Waals surface area contributed by atoms with Crippen molar-refractivity contribution in [2.75, 3.05) is 13.1 Å². The van der Waals surface area contributed by atoms with Gasteiger partial charge >= 0.3 is 0 Å². The number of amides is 1. The number of nitrogens with zero attached hydrogens (tertiary/aromatic N) is 5. The lowest BCUT2D eigenvalue weighted by molar-refractivity contribution is -0.131. The van der Waals surface area contributed by atoms with E-state index in [2.05, 4.69) is 15.5 Å². The van der Waals surface area contributed by atoms with Crippen LogP contribution in [0.1, 0.15) is 24.6 Å². The van der Waals surface area contributed by atoms with Crippen LogP contribution in [0.4, 0.5) is 0 Å². The van der Waals surface area contributed by atoms with Gasteiger partial charge in [-0.25, -0.2) is 4.68 Å². The Bertz CT molecular complexity index is 1220. The van der Waals surface area contributed by atoms with Crippen LogP contribution in [0.5, 0.6) is 0 Å². The highest BCUT2D eigenvalue weighted by Crippen LogP contribution is 2.23. The molecule has 4 aromatic rings. The van der Waals surface area contributed by atoms with Crippen LogP contribution in [0.25, 0.3) is 21.2 Å². The van der Waals surface area contributed by atoms with Crippen LogP contribution in [0.2, 0.25) is 0 Å². The van der Waals surface area contributed by atoms with E-state index in [0.29, 0.717) is 47.4 Å². The molecule has 0 saturated carbocycles. The van der Waals surface area contributed by atoms with E-state index < -0.39 is 0 Å². The molecule has 0 spiro atoms. The highest BCUT2D eigenvalue weighted by Gasteiger charge is 2.27. The van der Waals surface area contributed by atoms with E-state index in [1.807, 2.05) is 34.5 Å². The molecule has 1 aliphatic rings. The standard InChI is InChI=1S/C19H17N5O3S/c25-17(11-15-13-3-1-2-4-16(13)27-21-15)23-8-5-12(6-9-23)24-19(26)18-14(20-22-24)7-10-28-18/h1-4,7,10,12H,5-6,8-9,11H2. The summed E-state index contributed by atoms with van der Waals surface area (Å²) in [5, 5.41) is 15.0. The molecule has 0 N–H and O–H groups in total. The molecule has 8 nitrogen and oxygen atoms in total. The second kappa shape index (κ2) is 6.83. The number of hydrogen-bond acceptors (Lipinski definition) is 7. The number of para-hydroxylation sites is 1. The molecule has 0 aliphatic carbocycles. The largest absolute Gasteiger partial charge is 0.356 e. The topological polar surface area (TPSA) is 94.1 Å². The minimum atomic E-state index is -0.0983. The minimum Gasteiger partial charge on any atom is -0.356 e. The van der Waals surface area contributed by atoms with Gasteiger partial charge in [-0.3, -0.25) is 9.59 Å². The predicted molar refractivity (Wildman–Crippen MR) is 104 cm³/mol. The van der Waals surface area contributed by atoms with Crippen LogP contribution < -0.4 is 5.56 Å². The van der Waals surface area contributed by atoms with E-state index in [9.17, 15) is 9.59 Å². The van der Waals surface area contributed by atoms with Crippen molar-refractivity contribution < 1.29 is 9.32 Å². The summed E-state index contributed by atoms with van der Waals surface area (Å²) in [6.45, 7) is 1.16. The van der Waals surface area contributed by atoms with E-state index in [0.717, 1.165) is 5.39 Å². The maximum atomic E-state index is 12.7. The zero-order chi connectivity index (χ0) is 19.1. The number of carbonyl (C=O) groups excluding carboxylic acids is 1. The Morgan fingerprint density at radius 3 is 2.89 bits per heavy atom. The summed E-state index contributed by atoms with van der Waals surface area (Å²) in [4.78, 5) is 27.1. The predicted octanol–water partition coefficient (Wildman–Crippen LogP) is 2.40. The first-order valence-electron chi connectivity index (χ1n) is 9.14. The lowest BCUT2D eigenvalue weighted by Crippen LogP contribution is -2.42. The number of carbonyl (C=O) groups is 1. The number of likely N-dealkylation sites (tertiary alicyclic amines) is 1. The molecule has 0 atom stereocenters. The maximum absolute atomic E-state index is 12.7. The van der Waals surface area contributed by atoms with Crippen molar-refractivity contribution in [2.24, 2.45) is 0 Å². The zero-order valence-corrected chi connectivity index (χ0v) is 15.8. The lowest BCUT2D eigenvalue weighted by atomic mass is 10.0.